The van der Waals surface area contributed by atoms with Crippen molar-refractivity contribution in [2.24, 2.45) is 22.7 Å². The molecule has 0 spiro atoms. The zero-order chi connectivity index (χ0) is 28.7. The standard InChI is InChI=1S/C30H42O10/c1-16-23(33)24(34)25(35)26(39-16)40-18-5-10-28(15-31)20-6-9-27(2)19(17-3-4-22(32)38-14-17)8-12-30(27,37)21(20)7-11-29(28,36)13-18/h3-4,14-16,18-21,23-26,33-37H,5-13H2,1-2H3/t16-,18+,19-,20+,21-,23-,24+,25-,26+,27-,28+,29+,30+/m1/s1. The van der Waals surface area contributed by atoms with Crippen LogP contribution in [0, 0.1) is 22.7 Å². The van der Waals surface area contributed by atoms with Gasteiger partial charge >= 0.3 is 5.63 Å². The van der Waals surface area contributed by atoms with E-state index in [0.717, 1.165) is 18.3 Å². The van der Waals surface area contributed by atoms with Crippen LogP contribution in [0.1, 0.15) is 83.1 Å². The van der Waals surface area contributed by atoms with Crippen molar-refractivity contribution in [3.63, 3.8) is 0 Å². The molecule has 10 nitrogen and oxygen atoms in total. The summed E-state index contributed by atoms with van der Waals surface area (Å²) in [6, 6.07) is 3.21. The second kappa shape index (κ2) is 9.69. The Labute approximate surface area is 233 Å². The first-order chi connectivity index (χ1) is 18.9. The Hall–Kier alpha value is -1.66. The maximum Gasteiger partial charge on any atom is 0.335 e. The lowest BCUT2D eigenvalue weighted by Gasteiger charge is -2.65. The van der Waals surface area contributed by atoms with Gasteiger partial charge in [-0.1, -0.05) is 6.92 Å². The molecule has 0 bridgehead atoms. The summed E-state index contributed by atoms with van der Waals surface area (Å²) in [7, 11) is 0. The third-order valence-corrected chi connectivity index (χ3v) is 12.0. The minimum absolute atomic E-state index is 0.0260. The fourth-order valence-corrected chi connectivity index (χ4v) is 9.67. The van der Waals surface area contributed by atoms with Gasteiger partial charge in [0.1, 0.15) is 24.6 Å². The molecule has 4 saturated carbocycles. The van der Waals surface area contributed by atoms with Crippen LogP contribution >= 0.6 is 0 Å². The second-order valence-corrected chi connectivity index (χ2v) is 13.5. The number of aliphatic hydroxyl groups is 5. The lowest BCUT2D eigenvalue weighted by molar-refractivity contribution is -0.317. The normalized spacial score (nSPS) is 52.3. The minimum Gasteiger partial charge on any atom is -0.431 e. The van der Waals surface area contributed by atoms with Gasteiger partial charge in [0.05, 0.1) is 35.1 Å². The SMILES string of the molecule is C[C@H]1O[C@@H](O[C@H]2CC[C@]3(C=O)[C@H]4CC[C@]5(C)[C@@H](c6ccc(=O)oc6)CC[C@]5(O)[C@@H]4CC[C@]3(O)C2)[C@H](O)[C@@H](O)[C@@H]1O. The topological polar surface area (TPSA) is 167 Å². The summed E-state index contributed by atoms with van der Waals surface area (Å²) in [6.07, 6.45) is 0.559. The average Bonchev–Trinajstić information content (AvgIpc) is 3.21. The van der Waals surface area contributed by atoms with Crippen LogP contribution in [0.2, 0.25) is 0 Å². The van der Waals surface area contributed by atoms with E-state index in [1.807, 2.05) is 0 Å². The molecular formula is C30H42O10. The molecule has 0 unspecified atom stereocenters. The van der Waals surface area contributed by atoms with Crippen LogP contribution in [-0.4, -0.2) is 79.8 Å². The Balaban J connectivity index is 1.23. The van der Waals surface area contributed by atoms with Crippen LogP contribution in [0.15, 0.2) is 27.6 Å². The predicted octanol–water partition coefficient (Wildman–Crippen LogP) is 1.39. The lowest BCUT2D eigenvalue weighted by atomic mass is 9.41. The van der Waals surface area contributed by atoms with Crippen molar-refractivity contribution in [3.05, 3.63) is 34.4 Å². The molecule has 1 aromatic heterocycles. The van der Waals surface area contributed by atoms with Crippen molar-refractivity contribution in [1.29, 1.82) is 0 Å². The molecule has 5 aliphatic rings. The number of fused-ring (bicyclic) bond motifs is 5. The van der Waals surface area contributed by atoms with E-state index in [9.17, 15) is 35.1 Å². The quantitative estimate of drug-likeness (QED) is 0.267. The monoisotopic (exact) mass is 562 g/mol. The maximum absolute atomic E-state index is 13.0. The molecule has 5 fully saturated rings. The first-order valence-electron chi connectivity index (χ1n) is 14.7. The number of hydrogen-bond acceptors (Lipinski definition) is 10. The molecule has 0 radical (unpaired) electrons. The second-order valence-electron chi connectivity index (χ2n) is 13.5. The third kappa shape index (κ3) is 3.87. The predicted molar refractivity (Wildman–Crippen MR) is 140 cm³/mol. The van der Waals surface area contributed by atoms with Crippen molar-refractivity contribution in [2.45, 2.75) is 126 Å². The van der Waals surface area contributed by atoms with Gasteiger partial charge < -0.3 is 44.2 Å². The van der Waals surface area contributed by atoms with E-state index in [4.69, 9.17) is 13.9 Å². The van der Waals surface area contributed by atoms with Gasteiger partial charge in [-0.05, 0) is 87.7 Å². The third-order valence-electron chi connectivity index (χ3n) is 12.0. The summed E-state index contributed by atoms with van der Waals surface area (Å²) in [5.41, 5.74) is -3.34. The van der Waals surface area contributed by atoms with Crippen LogP contribution in [0.4, 0.5) is 0 Å². The summed E-state index contributed by atoms with van der Waals surface area (Å²) in [4.78, 5) is 24.5. The van der Waals surface area contributed by atoms with Gasteiger partial charge in [0.2, 0.25) is 0 Å². The molecule has 2 heterocycles. The van der Waals surface area contributed by atoms with E-state index in [1.165, 1.54) is 12.3 Å². The van der Waals surface area contributed by atoms with Gasteiger partial charge in [0, 0.05) is 17.9 Å². The highest BCUT2D eigenvalue weighted by Crippen LogP contribution is 2.71. The van der Waals surface area contributed by atoms with Crippen molar-refractivity contribution in [2.75, 3.05) is 0 Å². The average molecular weight is 563 g/mol. The van der Waals surface area contributed by atoms with Gasteiger partial charge in [-0.15, -0.1) is 0 Å². The Morgan fingerprint density at radius 2 is 1.70 bits per heavy atom. The fourth-order valence-electron chi connectivity index (χ4n) is 9.67. The molecule has 6 rings (SSSR count). The van der Waals surface area contributed by atoms with Crippen LogP contribution in [0.3, 0.4) is 0 Å². The molecule has 40 heavy (non-hydrogen) atoms. The Kier molecular flexibility index (Phi) is 6.89. The zero-order valence-electron chi connectivity index (χ0n) is 23.1. The Morgan fingerprint density at radius 3 is 2.40 bits per heavy atom. The molecule has 0 aromatic carbocycles. The highest BCUT2D eigenvalue weighted by Gasteiger charge is 2.71. The molecule has 13 atom stereocenters. The summed E-state index contributed by atoms with van der Waals surface area (Å²) >= 11 is 0. The highest BCUT2D eigenvalue weighted by atomic mass is 16.7. The Bertz CT molecular complexity index is 1170. The first-order valence-corrected chi connectivity index (χ1v) is 14.7. The summed E-state index contributed by atoms with van der Waals surface area (Å²) in [5, 5.41) is 55.1. The minimum atomic E-state index is -1.44. The van der Waals surface area contributed by atoms with Crippen LogP contribution in [0.5, 0.6) is 0 Å². The van der Waals surface area contributed by atoms with E-state index in [1.54, 1.807) is 13.0 Å². The van der Waals surface area contributed by atoms with E-state index in [2.05, 4.69) is 6.92 Å². The van der Waals surface area contributed by atoms with Gasteiger partial charge in [-0.25, -0.2) is 4.79 Å². The molecule has 1 aliphatic heterocycles. The van der Waals surface area contributed by atoms with Crippen LogP contribution < -0.4 is 5.63 Å². The van der Waals surface area contributed by atoms with Gasteiger partial charge in [0.25, 0.3) is 0 Å². The van der Waals surface area contributed by atoms with Crippen molar-refractivity contribution >= 4 is 6.29 Å². The first kappa shape index (κ1) is 28.5. The molecule has 5 N–H and O–H groups in total. The highest BCUT2D eigenvalue weighted by molar-refractivity contribution is 5.64. The Morgan fingerprint density at radius 1 is 0.950 bits per heavy atom. The number of carbonyl (C=O) groups is 1. The van der Waals surface area contributed by atoms with Crippen molar-refractivity contribution in [1.82, 2.24) is 0 Å². The number of ether oxygens (including phenoxy) is 2. The molecule has 10 heteroatoms. The fraction of sp³-hybridized carbons (Fsp3) is 0.800. The molecule has 1 saturated heterocycles. The summed E-state index contributed by atoms with van der Waals surface area (Å²) in [5.74, 6) is -0.322. The number of hydrogen-bond donors (Lipinski definition) is 5. The van der Waals surface area contributed by atoms with Crippen LogP contribution in [-0.2, 0) is 14.3 Å². The molecule has 4 aliphatic carbocycles. The summed E-state index contributed by atoms with van der Waals surface area (Å²) in [6.45, 7) is 3.71. The molecule has 1 aromatic rings. The van der Waals surface area contributed by atoms with Crippen LogP contribution in [0.25, 0.3) is 0 Å². The molecule has 0 amide bonds. The number of aliphatic hydroxyl groups excluding tert-OH is 3. The van der Waals surface area contributed by atoms with Gasteiger partial charge in [-0.3, -0.25) is 0 Å². The largest absolute Gasteiger partial charge is 0.431 e. The number of aldehydes is 1. The van der Waals surface area contributed by atoms with Gasteiger partial charge in [-0.2, -0.15) is 0 Å². The summed E-state index contributed by atoms with van der Waals surface area (Å²) < 4.78 is 16.8. The van der Waals surface area contributed by atoms with Crippen molar-refractivity contribution < 1.29 is 44.2 Å². The smallest absolute Gasteiger partial charge is 0.335 e. The lowest BCUT2D eigenvalue weighted by Crippen LogP contribution is -2.69. The molecular weight excluding hydrogens is 520 g/mol. The number of carbonyl (C=O) groups excluding carboxylic acids is 1. The van der Waals surface area contributed by atoms with E-state index < -0.39 is 64.5 Å². The van der Waals surface area contributed by atoms with Crippen molar-refractivity contribution in [3.8, 4) is 0 Å². The molecule has 222 valence electrons. The number of rotatable bonds is 4. The van der Waals surface area contributed by atoms with E-state index in [0.29, 0.717) is 44.9 Å². The maximum atomic E-state index is 13.0. The van der Waals surface area contributed by atoms with E-state index >= 15 is 0 Å². The van der Waals surface area contributed by atoms with E-state index in [-0.39, 0.29) is 24.2 Å². The zero-order valence-corrected chi connectivity index (χ0v) is 23.1. The van der Waals surface area contributed by atoms with Gasteiger partial charge in [0.15, 0.2) is 6.29 Å².